The molecule has 0 radical (unpaired) electrons. The molecule has 1 saturated heterocycles. The number of aliphatic carboxylic acids is 1. The van der Waals surface area contributed by atoms with Crippen LogP contribution in [-0.4, -0.2) is 55.4 Å². The molecule has 158 valence electrons. The van der Waals surface area contributed by atoms with Gasteiger partial charge in [0.2, 0.25) is 9.84 Å². The topological polar surface area (TPSA) is 83.9 Å². The first-order valence-electron chi connectivity index (χ1n) is 9.78. The van der Waals surface area contributed by atoms with E-state index in [-0.39, 0.29) is 10.6 Å². The van der Waals surface area contributed by atoms with E-state index < -0.39 is 20.6 Å². The Labute approximate surface area is 176 Å². The van der Waals surface area contributed by atoms with Gasteiger partial charge in [0.1, 0.15) is 16.6 Å². The molecule has 1 aromatic carbocycles. The van der Waals surface area contributed by atoms with Gasteiger partial charge in [-0.15, -0.1) is 11.3 Å². The van der Waals surface area contributed by atoms with Gasteiger partial charge in [-0.2, -0.15) is 0 Å². The zero-order valence-corrected chi connectivity index (χ0v) is 18.2. The minimum absolute atomic E-state index is 0.0695. The van der Waals surface area contributed by atoms with Crippen LogP contribution in [0.2, 0.25) is 0 Å². The van der Waals surface area contributed by atoms with Crippen LogP contribution in [0.1, 0.15) is 31.7 Å². The molecule has 6 nitrogen and oxygen atoms in total. The number of hydrogen-bond acceptors (Lipinski definition) is 6. The van der Waals surface area contributed by atoms with Crippen molar-refractivity contribution in [3.05, 3.63) is 47.3 Å². The van der Waals surface area contributed by atoms with Crippen LogP contribution in [0, 0.1) is 0 Å². The normalized spacial score (nSPS) is 17.6. The van der Waals surface area contributed by atoms with E-state index in [0.717, 1.165) is 31.0 Å². The number of hydrogen-bond donors (Lipinski definition) is 1. The Bertz CT molecular complexity index is 903. The summed E-state index contributed by atoms with van der Waals surface area (Å²) in [5.74, 6) is -0.656. The van der Waals surface area contributed by atoms with Crippen molar-refractivity contribution >= 4 is 27.1 Å². The molecule has 8 heteroatoms. The van der Waals surface area contributed by atoms with Crippen molar-refractivity contribution in [1.82, 2.24) is 4.90 Å². The molecule has 0 amide bonds. The Morgan fingerprint density at radius 2 is 1.86 bits per heavy atom. The Kier molecular flexibility index (Phi) is 6.97. The molecular weight excluding hydrogens is 410 g/mol. The Balaban J connectivity index is 1.64. The molecular formula is C21H27NO5S2. The largest absolute Gasteiger partial charge is 0.492 e. The van der Waals surface area contributed by atoms with Crippen molar-refractivity contribution in [3.8, 4) is 5.75 Å². The lowest BCUT2D eigenvalue weighted by Gasteiger charge is -2.26. The monoisotopic (exact) mass is 437 g/mol. The summed E-state index contributed by atoms with van der Waals surface area (Å²) < 4.78 is 29.8. The van der Waals surface area contributed by atoms with E-state index in [1.165, 1.54) is 32.3 Å². The molecule has 2 aromatic rings. The molecule has 0 saturated carbocycles. The summed E-state index contributed by atoms with van der Waals surface area (Å²) in [5, 5.41) is 11.3. The number of carboxylic acid groups (broad SMARTS) is 1. The first-order chi connectivity index (χ1) is 13.8. The fraction of sp³-hybridized carbons (Fsp3) is 0.476. The molecule has 0 aliphatic carbocycles. The molecule has 0 spiro atoms. The van der Waals surface area contributed by atoms with E-state index in [1.807, 2.05) is 0 Å². The summed E-state index contributed by atoms with van der Waals surface area (Å²) in [6.07, 6.45) is 3.67. The van der Waals surface area contributed by atoms with Crippen LogP contribution < -0.4 is 4.74 Å². The van der Waals surface area contributed by atoms with Gasteiger partial charge < -0.3 is 9.84 Å². The highest BCUT2D eigenvalue weighted by Gasteiger charge is 2.48. The molecule has 1 aromatic heterocycles. The van der Waals surface area contributed by atoms with Crippen molar-refractivity contribution in [2.24, 2.45) is 0 Å². The summed E-state index contributed by atoms with van der Waals surface area (Å²) >= 11 is 1.03. The molecule has 1 unspecified atom stereocenters. The van der Waals surface area contributed by atoms with Crippen molar-refractivity contribution in [2.45, 2.75) is 41.6 Å². The number of ether oxygens (including phenoxy) is 1. The molecule has 1 N–H and O–H groups in total. The Morgan fingerprint density at radius 3 is 2.45 bits per heavy atom. The van der Waals surface area contributed by atoms with Crippen molar-refractivity contribution in [2.75, 3.05) is 26.2 Å². The average Bonchev–Trinajstić information content (AvgIpc) is 3.25. The fourth-order valence-corrected chi connectivity index (χ4v) is 6.45. The molecule has 1 atom stereocenters. The van der Waals surface area contributed by atoms with Gasteiger partial charge in [-0.25, -0.2) is 8.42 Å². The van der Waals surface area contributed by atoms with E-state index in [1.54, 1.807) is 35.7 Å². The van der Waals surface area contributed by atoms with Crippen LogP contribution in [-0.2, 0) is 21.1 Å². The predicted octanol–water partition coefficient (Wildman–Crippen LogP) is 3.47. The van der Waals surface area contributed by atoms with Gasteiger partial charge in [-0.1, -0.05) is 24.6 Å². The summed E-state index contributed by atoms with van der Waals surface area (Å²) in [7, 11) is -4.01. The lowest BCUT2D eigenvalue weighted by atomic mass is 10.0. The van der Waals surface area contributed by atoms with E-state index >= 15 is 0 Å². The standard InChI is InChI=1S/C21H27NO5S2/c1-21(20(23)24,29(25,26)19-6-5-15-28-19)16-17-7-9-18(10-8-17)27-14-13-22-11-3-2-4-12-22/h5-10,15H,2-4,11-14,16H2,1H3,(H,23,24). The fourth-order valence-electron chi connectivity index (χ4n) is 3.49. The van der Waals surface area contributed by atoms with Crippen molar-refractivity contribution < 1.29 is 23.1 Å². The second-order valence-electron chi connectivity index (χ2n) is 7.54. The predicted molar refractivity (Wildman–Crippen MR) is 113 cm³/mol. The highest BCUT2D eigenvalue weighted by molar-refractivity contribution is 7.95. The maximum atomic E-state index is 12.9. The van der Waals surface area contributed by atoms with Crippen LogP contribution in [0.15, 0.2) is 46.0 Å². The quantitative estimate of drug-likeness (QED) is 0.647. The van der Waals surface area contributed by atoms with Gasteiger partial charge in [-0.3, -0.25) is 9.69 Å². The average molecular weight is 438 g/mol. The molecule has 0 bridgehead atoms. The maximum Gasteiger partial charge on any atom is 0.325 e. The second-order valence-corrected chi connectivity index (χ2v) is 11.1. The third-order valence-corrected chi connectivity index (χ3v) is 9.17. The van der Waals surface area contributed by atoms with E-state index in [0.29, 0.717) is 17.9 Å². The summed E-state index contributed by atoms with van der Waals surface area (Å²) in [5.41, 5.74) is 0.637. The molecule has 1 aliphatic rings. The summed E-state index contributed by atoms with van der Waals surface area (Å²) in [6, 6.07) is 10.1. The van der Waals surface area contributed by atoms with Gasteiger partial charge in [-0.05, 0) is 62.0 Å². The summed E-state index contributed by atoms with van der Waals surface area (Å²) in [6.45, 7) is 4.99. The first kappa shape index (κ1) is 21.8. The van der Waals surface area contributed by atoms with Gasteiger partial charge >= 0.3 is 5.97 Å². The van der Waals surface area contributed by atoms with Crippen molar-refractivity contribution in [3.63, 3.8) is 0 Å². The molecule has 29 heavy (non-hydrogen) atoms. The van der Waals surface area contributed by atoms with Crippen molar-refractivity contribution in [1.29, 1.82) is 0 Å². The molecule has 2 heterocycles. The zero-order chi connectivity index (χ0) is 20.9. The van der Waals surface area contributed by atoms with Crippen LogP contribution in [0.4, 0.5) is 0 Å². The minimum Gasteiger partial charge on any atom is -0.492 e. The third kappa shape index (κ3) is 4.99. The number of rotatable bonds is 9. The zero-order valence-electron chi connectivity index (χ0n) is 16.5. The summed E-state index contributed by atoms with van der Waals surface area (Å²) in [4.78, 5) is 14.3. The highest BCUT2D eigenvalue weighted by Crippen LogP contribution is 2.32. The van der Waals surface area contributed by atoms with Crippen LogP contribution in [0.25, 0.3) is 0 Å². The number of benzene rings is 1. The number of sulfone groups is 1. The maximum absolute atomic E-state index is 12.9. The third-order valence-electron chi connectivity index (χ3n) is 5.40. The number of thiophene rings is 1. The Morgan fingerprint density at radius 1 is 1.17 bits per heavy atom. The Hall–Kier alpha value is -1.90. The first-order valence-corrected chi connectivity index (χ1v) is 12.1. The number of carboxylic acids is 1. The molecule has 1 aliphatic heterocycles. The van der Waals surface area contributed by atoms with Gasteiger partial charge in [0, 0.05) is 13.0 Å². The second kappa shape index (κ2) is 9.28. The van der Waals surface area contributed by atoms with E-state index in [4.69, 9.17) is 4.74 Å². The highest BCUT2D eigenvalue weighted by atomic mass is 32.2. The van der Waals surface area contributed by atoms with E-state index in [2.05, 4.69) is 4.90 Å². The van der Waals surface area contributed by atoms with Crippen LogP contribution in [0.3, 0.4) is 0 Å². The molecule has 1 fully saturated rings. The van der Waals surface area contributed by atoms with E-state index in [9.17, 15) is 18.3 Å². The lowest BCUT2D eigenvalue weighted by Crippen LogP contribution is -2.45. The van der Waals surface area contributed by atoms with Gasteiger partial charge in [0.15, 0.2) is 4.75 Å². The number of likely N-dealkylation sites (tertiary alicyclic amines) is 1. The van der Waals surface area contributed by atoms with Gasteiger partial charge in [0.05, 0.1) is 0 Å². The minimum atomic E-state index is -4.01. The number of nitrogens with zero attached hydrogens (tertiary/aromatic N) is 1. The molecule has 3 rings (SSSR count). The number of carbonyl (C=O) groups is 1. The van der Waals surface area contributed by atoms with Crippen LogP contribution >= 0.6 is 11.3 Å². The smallest absolute Gasteiger partial charge is 0.325 e. The van der Waals surface area contributed by atoms with Gasteiger partial charge in [0.25, 0.3) is 0 Å². The number of piperidine rings is 1. The lowest BCUT2D eigenvalue weighted by molar-refractivity contribution is -0.139. The van der Waals surface area contributed by atoms with Crippen LogP contribution in [0.5, 0.6) is 5.75 Å². The SMILES string of the molecule is CC(Cc1ccc(OCCN2CCCCC2)cc1)(C(=O)O)S(=O)(=O)c1cccs1.